The van der Waals surface area contributed by atoms with Gasteiger partial charge in [-0.25, -0.2) is 9.78 Å². The fourth-order valence-corrected chi connectivity index (χ4v) is 4.55. The summed E-state index contributed by atoms with van der Waals surface area (Å²) in [6, 6.07) is 8.57. The van der Waals surface area contributed by atoms with E-state index in [0.717, 1.165) is 15.7 Å². The van der Waals surface area contributed by atoms with E-state index in [9.17, 15) is 9.59 Å². The number of hydrogen-bond acceptors (Lipinski definition) is 8. The number of nitrogens with zero attached hydrogens (tertiary/aromatic N) is 4. The quantitative estimate of drug-likeness (QED) is 0.355. The number of urea groups is 1. The average molecular weight is 443 g/mol. The molecular formula is C19H18N6O3S2. The Bertz CT molecular complexity index is 1270. The van der Waals surface area contributed by atoms with Gasteiger partial charge >= 0.3 is 6.03 Å². The van der Waals surface area contributed by atoms with E-state index in [4.69, 9.17) is 4.52 Å². The molecule has 30 heavy (non-hydrogen) atoms. The van der Waals surface area contributed by atoms with Crippen molar-refractivity contribution < 1.29 is 9.32 Å². The molecule has 2 N–H and O–H groups in total. The number of fused-ring (bicyclic) bond motifs is 1. The molecule has 4 rings (SSSR count). The van der Waals surface area contributed by atoms with Gasteiger partial charge < -0.3 is 9.84 Å². The van der Waals surface area contributed by atoms with Crippen LogP contribution in [0.3, 0.4) is 0 Å². The van der Waals surface area contributed by atoms with E-state index < -0.39 is 0 Å². The fourth-order valence-electron chi connectivity index (χ4n) is 2.91. The van der Waals surface area contributed by atoms with Crippen LogP contribution in [0.25, 0.3) is 5.65 Å². The molecule has 3 heterocycles. The first-order chi connectivity index (χ1) is 14.4. The van der Waals surface area contributed by atoms with Crippen molar-refractivity contribution in [1.29, 1.82) is 0 Å². The standard InChI is InChI=1S/C19H18N6O3S2/c1-10-4-11(2)6-13(5-10)21-17(27)22-18-23-24-19(30-18)29-9-14-8-16(26)25-15(20-14)7-12(3)28-25/h4-8H,9H2,1-3H3,(H2,21,22,23,27). The first kappa shape index (κ1) is 20.1. The molecule has 2 amide bonds. The first-order valence-corrected chi connectivity index (χ1v) is 10.8. The van der Waals surface area contributed by atoms with Crippen LogP contribution in [0.2, 0.25) is 0 Å². The Morgan fingerprint density at radius 3 is 2.63 bits per heavy atom. The van der Waals surface area contributed by atoms with Crippen LogP contribution >= 0.6 is 23.1 Å². The summed E-state index contributed by atoms with van der Waals surface area (Å²) in [5.74, 6) is 1.06. The van der Waals surface area contributed by atoms with Crippen molar-refractivity contribution in [2.75, 3.05) is 10.6 Å². The summed E-state index contributed by atoms with van der Waals surface area (Å²) < 4.78 is 7.09. The third kappa shape index (κ3) is 4.69. The summed E-state index contributed by atoms with van der Waals surface area (Å²) in [5, 5.41) is 13.9. The molecule has 0 saturated carbocycles. The van der Waals surface area contributed by atoms with Crippen LogP contribution in [0.5, 0.6) is 0 Å². The smallest absolute Gasteiger partial charge is 0.325 e. The average Bonchev–Trinajstić information content (AvgIpc) is 3.25. The van der Waals surface area contributed by atoms with Gasteiger partial charge in [0.1, 0.15) is 5.76 Å². The zero-order valence-electron chi connectivity index (χ0n) is 16.4. The number of aryl methyl sites for hydroxylation is 3. The highest BCUT2D eigenvalue weighted by Crippen LogP contribution is 2.28. The molecule has 0 aliphatic rings. The second kappa shape index (κ2) is 8.28. The van der Waals surface area contributed by atoms with Gasteiger partial charge in [-0.2, -0.15) is 0 Å². The Balaban J connectivity index is 1.37. The van der Waals surface area contributed by atoms with Gasteiger partial charge in [0, 0.05) is 23.6 Å². The van der Waals surface area contributed by atoms with Gasteiger partial charge in [-0.3, -0.25) is 10.1 Å². The van der Waals surface area contributed by atoms with Crippen molar-refractivity contribution in [1.82, 2.24) is 19.8 Å². The van der Waals surface area contributed by atoms with Crippen LogP contribution < -0.4 is 16.2 Å². The topological polar surface area (TPSA) is 114 Å². The summed E-state index contributed by atoms with van der Waals surface area (Å²) >= 11 is 2.63. The predicted molar refractivity (Wildman–Crippen MR) is 116 cm³/mol. The minimum atomic E-state index is -0.386. The maximum absolute atomic E-state index is 12.2. The first-order valence-electron chi connectivity index (χ1n) is 8.98. The van der Waals surface area contributed by atoms with Crippen LogP contribution in [-0.2, 0) is 5.75 Å². The number of nitrogens with one attached hydrogen (secondary N) is 2. The third-order valence-corrected chi connectivity index (χ3v) is 5.98. The Hall–Kier alpha value is -3.18. The molecule has 0 saturated heterocycles. The van der Waals surface area contributed by atoms with Crippen LogP contribution in [0.4, 0.5) is 15.6 Å². The largest absolute Gasteiger partial charge is 0.375 e. The van der Waals surface area contributed by atoms with Crippen LogP contribution in [-0.4, -0.2) is 25.8 Å². The van der Waals surface area contributed by atoms with E-state index >= 15 is 0 Å². The molecule has 0 unspecified atom stereocenters. The number of carbonyl (C=O) groups excluding carboxylic acids is 1. The van der Waals surface area contributed by atoms with E-state index in [-0.39, 0.29) is 11.6 Å². The second-order valence-corrected chi connectivity index (χ2v) is 8.90. The fraction of sp³-hybridized carbons (Fsp3) is 0.211. The predicted octanol–water partition coefficient (Wildman–Crippen LogP) is 4.00. The van der Waals surface area contributed by atoms with Crippen molar-refractivity contribution in [3.05, 3.63) is 63.3 Å². The lowest BCUT2D eigenvalue weighted by Gasteiger charge is -2.07. The lowest BCUT2D eigenvalue weighted by Crippen LogP contribution is -2.19. The Kier molecular flexibility index (Phi) is 5.55. The number of aromatic nitrogens is 4. The molecule has 154 valence electrons. The van der Waals surface area contributed by atoms with Gasteiger partial charge in [0.15, 0.2) is 9.99 Å². The van der Waals surface area contributed by atoms with Crippen molar-refractivity contribution in [3.8, 4) is 0 Å². The normalized spacial score (nSPS) is 11.0. The highest BCUT2D eigenvalue weighted by atomic mass is 32.2. The number of amides is 2. The number of carbonyl (C=O) groups is 1. The number of thioether (sulfide) groups is 1. The monoisotopic (exact) mass is 442 g/mol. The summed E-state index contributed by atoms with van der Waals surface area (Å²) in [4.78, 5) is 28.7. The van der Waals surface area contributed by atoms with E-state index in [1.807, 2.05) is 32.0 Å². The number of hydrogen-bond donors (Lipinski definition) is 2. The lowest BCUT2D eigenvalue weighted by molar-refractivity contribution is 0.262. The molecule has 0 radical (unpaired) electrons. The Labute approximate surface area is 179 Å². The molecule has 0 atom stereocenters. The molecule has 0 fully saturated rings. The van der Waals surface area contributed by atoms with Gasteiger partial charge in [-0.1, -0.05) is 29.2 Å². The summed E-state index contributed by atoms with van der Waals surface area (Å²) in [6.45, 7) is 5.70. The summed E-state index contributed by atoms with van der Waals surface area (Å²) in [6.07, 6.45) is 0. The van der Waals surface area contributed by atoms with Crippen molar-refractivity contribution in [2.24, 2.45) is 0 Å². The van der Waals surface area contributed by atoms with Crippen LogP contribution in [0, 0.1) is 20.8 Å². The Morgan fingerprint density at radius 2 is 1.87 bits per heavy atom. The van der Waals surface area contributed by atoms with E-state index in [2.05, 4.69) is 25.8 Å². The van der Waals surface area contributed by atoms with E-state index in [1.165, 1.54) is 29.2 Å². The minimum Gasteiger partial charge on any atom is -0.375 e. The van der Waals surface area contributed by atoms with Gasteiger partial charge in [-0.05, 0) is 44.0 Å². The maximum atomic E-state index is 12.2. The van der Waals surface area contributed by atoms with Gasteiger partial charge in [0.05, 0.1) is 5.69 Å². The molecule has 0 spiro atoms. The summed E-state index contributed by atoms with van der Waals surface area (Å²) in [5.41, 5.74) is 3.66. The molecule has 3 aromatic heterocycles. The zero-order valence-corrected chi connectivity index (χ0v) is 18.1. The van der Waals surface area contributed by atoms with Crippen LogP contribution in [0.15, 0.2) is 44.0 Å². The molecule has 0 aliphatic heterocycles. The van der Waals surface area contributed by atoms with Crippen molar-refractivity contribution >= 4 is 45.6 Å². The second-order valence-electron chi connectivity index (χ2n) is 6.70. The van der Waals surface area contributed by atoms with Crippen molar-refractivity contribution in [3.63, 3.8) is 0 Å². The summed E-state index contributed by atoms with van der Waals surface area (Å²) in [7, 11) is 0. The highest BCUT2D eigenvalue weighted by Gasteiger charge is 2.11. The molecule has 0 aliphatic carbocycles. The molecule has 1 aromatic carbocycles. The number of rotatable bonds is 5. The molecular weight excluding hydrogens is 424 g/mol. The van der Waals surface area contributed by atoms with Crippen LogP contribution in [0.1, 0.15) is 22.6 Å². The lowest BCUT2D eigenvalue weighted by atomic mass is 10.1. The zero-order chi connectivity index (χ0) is 21.3. The number of anilines is 2. The molecule has 11 heteroatoms. The molecule has 4 aromatic rings. The SMILES string of the molecule is Cc1cc(C)cc(NC(=O)Nc2nnc(SCc3cc(=O)n4oc(C)cc4n3)s2)c1. The van der Waals surface area contributed by atoms with Gasteiger partial charge in [-0.15, -0.1) is 14.8 Å². The van der Waals surface area contributed by atoms with Crippen molar-refractivity contribution in [2.45, 2.75) is 30.9 Å². The number of benzene rings is 1. The minimum absolute atomic E-state index is 0.272. The molecule has 9 nitrogen and oxygen atoms in total. The van der Waals surface area contributed by atoms with E-state index in [0.29, 0.717) is 38.0 Å². The van der Waals surface area contributed by atoms with Gasteiger partial charge in [0.25, 0.3) is 5.56 Å². The van der Waals surface area contributed by atoms with E-state index in [1.54, 1.807) is 13.0 Å². The third-order valence-electron chi connectivity index (χ3n) is 3.97. The Morgan fingerprint density at radius 1 is 1.10 bits per heavy atom. The van der Waals surface area contributed by atoms with Gasteiger partial charge in [0.2, 0.25) is 5.13 Å². The highest BCUT2D eigenvalue weighted by molar-refractivity contribution is 8.00. The maximum Gasteiger partial charge on any atom is 0.325 e. The molecule has 0 bridgehead atoms.